The number of hydrogen-bond acceptors (Lipinski definition) is 5. The van der Waals surface area contributed by atoms with Crippen molar-refractivity contribution >= 4 is 11.8 Å². The first-order valence-corrected chi connectivity index (χ1v) is 4.39. The predicted octanol–water partition coefficient (Wildman–Crippen LogP) is -2.70. The molecule has 7 nitrogen and oxygen atoms in total. The minimum Gasteiger partial charge on any atom is -0.394 e. The second-order valence-corrected chi connectivity index (χ2v) is 3.12. The van der Waals surface area contributed by atoms with Gasteiger partial charge in [-0.05, 0) is 0 Å². The Kier molecular flexibility index (Phi) is 5.83. The molecular weight excluding hydrogens is 204 g/mol. The molecule has 0 aliphatic carbocycles. The summed E-state index contributed by atoms with van der Waals surface area (Å²) in [6.45, 7) is 1.73. The lowest BCUT2D eigenvalue weighted by Crippen LogP contribution is -2.57. The van der Waals surface area contributed by atoms with E-state index in [0.29, 0.717) is 0 Å². The van der Waals surface area contributed by atoms with E-state index in [1.165, 1.54) is 13.8 Å². The van der Waals surface area contributed by atoms with Crippen LogP contribution in [0.3, 0.4) is 0 Å². The van der Waals surface area contributed by atoms with Gasteiger partial charge in [0, 0.05) is 13.8 Å². The third-order valence-electron chi connectivity index (χ3n) is 1.64. The van der Waals surface area contributed by atoms with Gasteiger partial charge in [0.15, 0.2) is 0 Å². The minimum absolute atomic E-state index is 0.474. The fraction of sp³-hybridized carbons (Fsp3) is 0.750. The highest BCUT2D eigenvalue weighted by molar-refractivity contribution is 5.76. The summed E-state index contributed by atoms with van der Waals surface area (Å²) >= 11 is 0. The van der Waals surface area contributed by atoms with E-state index in [-0.39, 0.29) is 0 Å². The SMILES string of the molecule is CC(=O)NC(NC(C)=O)C(O)C(O)CO. The summed E-state index contributed by atoms with van der Waals surface area (Å²) in [7, 11) is 0. The number of rotatable bonds is 5. The van der Waals surface area contributed by atoms with Gasteiger partial charge in [-0.15, -0.1) is 0 Å². The number of hydrogen-bond donors (Lipinski definition) is 5. The molecule has 0 aromatic rings. The van der Waals surface area contributed by atoms with Crippen LogP contribution in [0.2, 0.25) is 0 Å². The number of amides is 2. The molecule has 0 heterocycles. The monoisotopic (exact) mass is 220 g/mol. The molecule has 0 radical (unpaired) electrons. The van der Waals surface area contributed by atoms with E-state index in [0.717, 1.165) is 0 Å². The molecule has 2 unspecified atom stereocenters. The second-order valence-electron chi connectivity index (χ2n) is 3.12. The van der Waals surface area contributed by atoms with E-state index < -0.39 is 36.8 Å². The van der Waals surface area contributed by atoms with Crippen molar-refractivity contribution in [2.24, 2.45) is 0 Å². The highest BCUT2D eigenvalue weighted by atomic mass is 16.4. The van der Waals surface area contributed by atoms with Gasteiger partial charge in [0.25, 0.3) is 0 Å². The van der Waals surface area contributed by atoms with Crippen LogP contribution in [0.4, 0.5) is 0 Å². The van der Waals surface area contributed by atoms with E-state index in [1.54, 1.807) is 0 Å². The Balaban J connectivity index is 4.45. The van der Waals surface area contributed by atoms with Gasteiger partial charge in [-0.2, -0.15) is 0 Å². The molecule has 0 fully saturated rings. The Morgan fingerprint density at radius 2 is 1.53 bits per heavy atom. The first-order chi connectivity index (χ1) is 6.88. The molecule has 2 amide bonds. The average Bonchev–Trinajstić information content (AvgIpc) is 2.13. The van der Waals surface area contributed by atoms with Crippen molar-refractivity contribution in [2.75, 3.05) is 6.61 Å². The summed E-state index contributed by atoms with van der Waals surface area (Å²) in [5.74, 6) is -0.948. The summed E-state index contributed by atoms with van der Waals surface area (Å²) < 4.78 is 0. The van der Waals surface area contributed by atoms with Crippen molar-refractivity contribution in [3.8, 4) is 0 Å². The Labute approximate surface area is 87.1 Å². The Morgan fingerprint density at radius 1 is 1.13 bits per heavy atom. The van der Waals surface area contributed by atoms with Gasteiger partial charge >= 0.3 is 0 Å². The Hall–Kier alpha value is -1.18. The van der Waals surface area contributed by atoms with Crippen molar-refractivity contribution in [1.29, 1.82) is 0 Å². The van der Waals surface area contributed by atoms with Gasteiger partial charge in [-0.3, -0.25) is 9.59 Å². The fourth-order valence-corrected chi connectivity index (χ4v) is 0.975. The largest absolute Gasteiger partial charge is 0.394 e. The average molecular weight is 220 g/mol. The van der Waals surface area contributed by atoms with Crippen LogP contribution in [-0.2, 0) is 9.59 Å². The highest BCUT2D eigenvalue weighted by Crippen LogP contribution is 1.97. The van der Waals surface area contributed by atoms with E-state index >= 15 is 0 Å². The van der Waals surface area contributed by atoms with Crippen molar-refractivity contribution in [2.45, 2.75) is 32.2 Å². The molecule has 2 atom stereocenters. The standard InChI is InChI=1S/C8H16N2O5/c1-4(12)9-8(10-5(2)13)7(15)6(14)3-11/h6-8,11,14-15H,3H2,1-2H3,(H,9,12)(H,10,13). The minimum atomic E-state index is -1.47. The normalized spacial score (nSPS) is 14.5. The van der Waals surface area contributed by atoms with Crippen LogP contribution in [0, 0.1) is 0 Å². The van der Waals surface area contributed by atoms with E-state index in [4.69, 9.17) is 10.2 Å². The third-order valence-corrected chi connectivity index (χ3v) is 1.64. The van der Waals surface area contributed by atoms with E-state index in [1.807, 2.05) is 0 Å². The highest BCUT2D eigenvalue weighted by Gasteiger charge is 2.27. The molecule has 7 heteroatoms. The number of aliphatic hydroxyl groups is 3. The van der Waals surface area contributed by atoms with Gasteiger partial charge < -0.3 is 26.0 Å². The maximum absolute atomic E-state index is 10.7. The molecule has 0 spiro atoms. The maximum Gasteiger partial charge on any atom is 0.218 e. The van der Waals surface area contributed by atoms with Crippen LogP contribution in [0.25, 0.3) is 0 Å². The Morgan fingerprint density at radius 3 is 1.80 bits per heavy atom. The lowest BCUT2D eigenvalue weighted by molar-refractivity contribution is -0.126. The van der Waals surface area contributed by atoms with Gasteiger partial charge in [-0.25, -0.2) is 0 Å². The zero-order valence-corrected chi connectivity index (χ0v) is 8.60. The van der Waals surface area contributed by atoms with Crippen LogP contribution in [0.5, 0.6) is 0 Å². The molecule has 0 aliphatic heterocycles. The molecule has 0 aliphatic rings. The lowest BCUT2D eigenvalue weighted by Gasteiger charge is -2.26. The first-order valence-electron chi connectivity index (χ1n) is 4.39. The predicted molar refractivity (Wildman–Crippen MR) is 50.5 cm³/mol. The number of nitrogens with one attached hydrogen (secondary N) is 2. The van der Waals surface area contributed by atoms with Gasteiger partial charge in [0.05, 0.1) is 6.61 Å². The van der Waals surface area contributed by atoms with Crippen LogP contribution < -0.4 is 10.6 Å². The van der Waals surface area contributed by atoms with Crippen molar-refractivity contribution < 1.29 is 24.9 Å². The molecule has 0 saturated carbocycles. The van der Waals surface area contributed by atoms with Crippen LogP contribution >= 0.6 is 0 Å². The quantitative estimate of drug-likeness (QED) is 0.323. The smallest absolute Gasteiger partial charge is 0.218 e. The zero-order chi connectivity index (χ0) is 12.0. The molecule has 0 saturated heterocycles. The lowest BCUT2D eigenvalue weighted by atomic mass is 10.1. The molecule has 0 aromatic carbocycles. The second kappa shape index (κ2) is 6.33. The Bertz CT molecular complexity index is 217. The van der Waals surface area contributed by atoms with Gasteiger partial charge in [-0.1, -0.05) is 0 Å². The number of carbonyl (C=O) groups excluding carboxylic acids is 2. The molecule has 0 aromatic heterocycles. The van der Waals surface area contributed by atoms with Crippen LogP contribution in [0.15, 0.2) is 0 Å². The van der Waals surface area contributed by atoms with Gasteiger partial charge in [0.1, 0.15) is 18.4 Å². The van der Waals surface area contributed by atoms with E-state index in [9.17, 15) is 14.7 Å². The van der Waals surface area contributed by atoms with Crippen molar-refractivity contribution in [3.63, 3.8) is 0 Å². The molecular formula is C8H16N2O5. The summed E-state index contributed by atoms with van der Waals surface area (Å²) in [5.41, 5.74) is 0. The molecule has 0 bridgehead atoms. The van der Waals surface area contributed by atoms with Crippen molar-refractivity contribution in [3.05, 3.63) is 0 Å². The summed E-state index contributed by atoms with van der Waals surface area (Å²) in [5, 5.41) is 31.6. The molecule has 15 heavy (non-hydrogen) atoms. The summed E-state index contributed by atoms with van der Waals surface area (Å²) in [6.07, 6.45) is -4.03. The van der Waals surface area contributed by atoms with Crippen LogP contribution in [0.1, 0.15) is 13.8 Å². The van der Waals surface area contributed by atoms with Gasteiger partial charge in [0.2, 0.25) is 11.8 Å². The zero-order valence-electron chi connectivity index (χ0n) is 8.60. The number of aliphatic hydroxyl groups excluding tert-OH is 3. The fourth-order valence-electron chi connectivity index (χ4n) is 0.975. The summed E-state index contributed by atoms with van der Waals surface area (Å²) in [6, 6.07) is 0. The van der Waals surface area contributed by atoms with E-state index in [2.05, 4.69) is 10.6 Å². The number of carbonyl (C=O) groups is 2. The van der Waals surface area contributed by atoms with Crippen LogP contribution in [-0.4, -0.2) is 52.1 Å². The molecule has 5 N–H and O–H groups in total. The molecule has 88 valence electrons. The van der Waals surface area contributed by atoms with Crippen molar-refractivity contribution in [1.82, 2.24) is 10.6 Å². The molecule has 0 rings (SSSR count). The summed E-state index contributed by atoms with van der Waals surface area (Å²) in [4.78, 5) is 21.5. The topological polar surface area (TPSA) is 119 Å². The maximum atomic E-state index is 10.7. The third kappa shape index (κ3) is 5.31. The first kappa shape index (κ1) is 13.8.